The SMILES string of the molecule is CC.Cc1ccccc1NC(=O)Nc1ccc(CC(=O)Nc2ccc3c(c2)CN(CCC(=O)O)C(=O)CN3CCN2CCOCC2)cc1. The molecule has 4 N–H and O–H groups in total. The van der Waals surface area contributed by atoms with Gasteiger partial charge in [-0.05, 0) is 60.0 Å². The van der Waals surface area contributed by atoms with Crippen LogP contribution in [0.4, 0.5) is 27.5 Å². The average molecular weight is 659 g/mol. The number of ether oxygens (including phenoxy) is 1. The number of amides is 4. The highest BCUT2D eigenvalue weighted by atomic mass is 16.5. The van der Waals surface area contributed by atoms with E-state index >= 15 is 0 Å². The standard InChI is InChI=1S/C34H40N6O6.C2H6/c1-24-4-2-3-5-29(24)37-34(45)36-27-8-6-25(7-9-27)20-31(41)35-28-10-11-30-26(21-28)22-40(13-12-33(43)44)32(42)23-39(30)15-14-38-16-18-46-19-17-38;1-2/h2-11,21H,12-20,22-23H2,1H3,(H,35,41)(H,43,44)(H2,36,37,45);1-2H3. The van der Waals surface area contributed by atoms with Crippen molar-refractivity contribution in [3.63, 3.8) is 0 Å². The summed E-state index contributed by atoms with van der Waals surface area (Å²) in [5.41, 5.74) is 5.39. The summed E-state index contributed by atoms with van der Waals surface area (Å²) in [7, 11) is 0. The van der Waals surface area contributed by atoms with Gasteiger partial charge in [-0.1, -0.05) is 44.2 Å². The van der Waals surface area contributed by atoms with Gasteiger partial charge in [0.2, 0.25) is 11.8 Å². The molecule has 3 aromatic rings. The Bertz CT molecular complexity index is 1560. The average Bonchev–Trinajstić information content (AvgIpc) is 3.21. The van der Waals surface area contributed by atoms with Gasteiger partial charge in [-0.3, -0.25) is 19.3 Å². The zero-order valence-electron chi connectivity index (χ0n) is 28.0. The Labute approximate surface area is 282 Å². The molecule has 0 unspecified atom stereocenters. The summed E-state index contributed by atoms with van der Waals surface area (Å²) in [6, 6.07) is 19.8. The van der Waals surface area contributed by atoms with Gasteiger partial charge in [-0.25, -0.2) is 4.79 Å². The quantitative estimate of drug-likeness (QED) is 0.230. The van der Waals surface area contributed by atoms with Crippen LogP contribution in [0, 0.1) is 6.92 Å². The minimum Gasteiger partial charge on any atom is -0.481 e. The number of aliphatic carboxylic acids is 1. The monoisotopic (exact) mass is 658 g/mol. The van der Waals surface area contributed by atoms with Gasteiger partial charge in [0.25, 0.3) is 0 Å². The number of anilines is 4. The van der Waals surface area contributed by atoms with Gasteiger partial charge in [-0.15, -0.1) is 0 Å². The van der Waals surface area contributed by atoms with Crippen LogP contribution in [0.25, 0.3) is 0 Å². The van der Waals surface area contributed by atoms with Gasteiger partial charge < -0.3 is 35.6 Å². The number of rotatable bonds is 11. The lowest BCUT2D eigenvalue weighted by Gasteiger charge is -2.31. The molecule has 0 aromatic heterocycles. The molecule has 5 rings (SSSR count). The molecule has 0 radical (unpaired) electrons. The number of aryl methyl sites for hydroxylation is 1. The van der Waals surface area contributed by atoms with Crippen molar-refractivity contribution in [1.29, 1.82) is 0 Å². The van der Waals surface area contributed by atoms with Crippen LogP contribution in [0.5, 0.6) is 0 Å². The number of carbonyl (C=O) groups excluding carboxylic acids is 3. The molecule has 0 atom stereocenters. The van der Waals surface area contributed by atoms with Crippen LogP contribution in [0.1, 0.15) is 37.0 Å². The van der Waals surface area contributed by atoms with Crippen LogP contribution in [0.2, 0.25) is 0 Å². The molecular weight excluding hydrogens is 612 g/mol. The zero-order chi connectivity index (χ0) is 34.5. The fraction of sp³-hybridized carbons (Fsp3) is 0.389. The van der Waals surface area contributed by atoms with E-state index in [-0.39, 0.29) is 50.3 Å². The van der Waals surface area contributed by atoms with Crippen molar-refractivity contribution >= 4 is 46.6 Å². The lowest BCUT2D eigenvalue weighted by molar-refractivity contribution is -0.138. The molecule has 3 aromatic carbocycles. The molecule has 2 aliphatic rings. The number of carboxylic acid groups (broad SMARTS) is 1. The second-order valence-electron chi connectivity index (χ2n) is 11.5. The largest absolute Gasteiger partial charge is 0.481 e. The van der Waals surface area contributed by atoms with Gasteiger partial charge in [-0.2, -0.15) is 0 Å². The maximum Gasteiger partial charge on any atom is 0.323 e. The molecule has 0 saturated carbocycles. The minimum absolute atomic E-state index is 0.111. The lowest BCUT2D eigenvalue weighted by atomic mass is 10.1. The Morgan fingerprint density at radius 3 is 2.23 bits per heavy atom. The normalized spacial score (nSPS) is 14.6. The first kappa shape index (κ1) is 35.9. The van der Waals surface area contributed by atoms with Gasteiger partial charge in [0.15, 0.2) is 0 Å². The Morgan fingerprint density at radius 1 is 0.812 bits per heavy atom. The predicted octanol–water partition coefficient (Wildman–Crippen LogP) is 4.80. The van der Waals surface area contributed by atoms with Crippen LogP contribution in [0.3, 0.4) is 0 Å². The summed E-state index contributed by atoms with van der Waals surface area (Å²) in [5, 5.41) is 17.8. The van der Waals surface area contributed by atoms with E-state index in [2.05, 4.69) is 20.9 Å². The Hall–Kier alpha value is -4.94. The Balaban J connectivity index is 0.00000255. The van der Waals surface area contributed by atoms with E-state index in [0.29, 0.717) is 31.1 Å². The summed E-state index contributed by atoms with van der Waals surface area (Å²) in [6.45, 7) is 10.9. The summed E-state index contributed by atoms with van der Waals surface area (Å²) < 4.78 is 5.45. The summed E-state index contributed by atoms with van der Waals surface area (Å²) in [4.78, 5) is 55.8. The fourth-order valence-corrected chi connectivity index (χ4v) is 5.56. The highest BCUT2D eigenvalue weighted by molar-refractivity contribution is 6.00. The number of urea groups is 1. The molecule has 0 bridgehead atoms. The van der Waals surface area contributed by atoms with Crippen LogP contribution >= 0.6 is 0 Å². The van der Waals surface area contributed by atoms with Crippen molar-refractivity contribution in [1.82, 2.24) is 9.80 Å². The molecule has 12 heteroatoms. The predicted molar refractivity (Wildman–Crippen MR) is 188 cm³/mol. The van der Waals surface area contributed by atoms with Crippen molar-refractivity contribution in [3.05, 3.63) is 83.4 Å². The van der Waals surface area contributed by atoms with E-state index in [1.54, 1.807) is 29.2 Å². The van der Waals surface area contributed by atoms with Crippen molar-refractivity contribution in [2.75, 3.05) is 73.3 Å². The maximum absolute atomic E-state index is 13.2. The van der Waals surface area contributed by atoms with E-state index in [4.69, 9.17) is 4.74 Å². The third kappa shape index (κ3) is 10.5. The number of hydrogen-bond acceptors (Lipinski definition) is 7. The zero-order valence-corrected chi connectivity index (χ0v) is 28.0. The first-order valence-electron chi connectivity index (χ1n) is 16.4. The van der Waals surface area contributed by atoms with Gasteiger partial charge in [0.1, 0.15) is 0 Å². The van der Waals surface area contributed by atoms with E-state index in [0.717, 1.165) is 47.7 Å². The maximum atomic E-state index is 13.2. The Kier molecular flexibility index (Phi) is 13.3. The minimum atomic E-state index is -0.961. The molecular formula is C36H46N6O6. The molecule has 4 amide bonds. The topological polar surface area (TPSA) is 144 Å². The molecule has 256 valence electrons. The molecule has 1 saturated heterocycles. The van der Waals surface area contributed by atoms with E-state index in [1.165, 1.54) is 0 Å². The van der Waals surface area contributed by atoms with Crippen LogP contribution in [-0.2, 0) is 32.1 Å². The summed E-state index contributed by atoms with van der Waals surface area (Å²) in [5.74, 6) is -1.30. The number of fused-ring (bicyclic) bond motifs is 1. The second kappa shape index (κ2) is 17.8. The summed E-state index contributed by atoms with van der Waals surface area (Å²) >= 11 is 0. The van der Waals surface area contributed by atoms with Gasteiger partial charge in [0, 0.05) is 62.0 Å². The lowest BCUT2D eigenvalue weighted by Crippen LogP contribution is -2.44. The van der Waals surface area contributed by atoms with E-state index < -0.39 is 5.97 Å². The van der Waals surface area contributed by atoms with E-state index in [1.807, 2.05) is 68.1 Å². The van der Waals surface area contributed by atoms with Gasteiger partial charge in [0.05, 0.1) is 32.6 Å². The van der Waals surface area contributed by atoms with E-state index in [9.17, 15) is 24.3 Å². The number of para-hydroxylation sites is 1. The third-order valence-electron chi connectivity index (χ3n) is 8.10. The number of carbonyl (C=O) groups is 4. The van der Waals surface area contributed by atoms with Crippen molar-refractivity contribution in [2.24, 2.45) is 0 Å². The number of nitrogens with one attached hydrogen (secondary N) is 3. The smallest absolute Gasteiger partial charge is 0.323 e. The highest BCUT2D eigenvalue weighted by Gasteiger charge is 2.27. The van der Waals surface area contributed by atoms with Crippen LogP contribution in [0.15, 0.2) is 66.7 Å². The highest BCUT2D eigenvalue weighted by Crippen LogP contribution is 2.29. The van der Waals surface area contributed by atoms with Crippen molar-refractivity contribution in [2.45, 2.75) is 40.2 Å². The van der Waals surface area contributed by atoms with Crippen molar-refractivity contribution < 1.29 is 29.0 Å². The van der Waals surface area contributed by atoms with Crippen LogP contribution in [-0.4, -0.2) is 91.2 Å². The summed E-state index contributed by atoms with van der Waals surface area (Å²) in [6.07, 6.45) is -0.0153. The van der Waals surface area contributed by atoms with Gasteiger partial charge >= 0.3 is 12.0 Å². The third-order valence-corrected chi connectivity index (χ3v) is 8.10. The molecule has 2 heterocycles. The Morgan fingerprint density at radius 2 is 1.52 bits per heavy atom. The molecule has 0 spiro atoms. The van der Waals surface area contributed by atoms with Crippen molar-refractivity contribution in [3.8, 4) is 0 Å². The fourth-order valence-electron chi connectivity index (χ4n) is 5.56. The molecule has 12 nitrogen and oxygen atoms in total. The van der Waals surface area contributed by atoms with Crippen LogP contribution < -0.4 is 20.9 Å². The molecule has 48 heavy (non-hydrogen) atoms. The number of carboxylic acids is 1. The molecule has 1 fully saturated rings. The first-order valence-corrected chi connectivity index (χ1v) is 16.4. The first-order chi connectivity index (χ1) is 23.2. The number of benzene rings is 3. The number of morpholine rings is 1. The number of hydrogen-bond donors (Lipinski definition) is 4. The molecule has 2 aliphatic heterocycles. The molecule has 0 aliphatic carbocycles. The second-order valence-corrected chi connectivity index (χ2v) is 11.5. The number of nitrogens with zero attached hydrogens (tertiary/aromatic N) is 3.